The van der Waals surface area contributed by atoms with E-state index in [0.29, 0.717) is 12.1 Å². The largest absolute Gasteiger partial charge is 0.478 e. The molecule has 2 aromatic rings. The molecule has 1 heterocycles. The molecule has 0 atom stereocenters. The monoisotopic (exact) mass is 273 g/mol. The van der Waals surface area contributed by atoms with Gasteiger partial charge in [0.15, 0.2) is 0 Å². The third kappa shape index (κ3) is 3.23. The smallest absolute Gasteiger partial charge is 0.335 e. The number of carbonyl (C=O) groups excluding carboxylic acids is 1. The summed E-state index contributed by atoms with van der Waals surface area (Å²) in [5.41, 5.74) is 0.650. The second-order valence-electron chi connectivity index (χ2n) is 4.37. The van der Waals surface area contributed by atoms with E-state index in [4.69, 9.17) is 5.11 Å². The number of rotatable bonds is 5. The minimum absolute atomic E-state index is 0.0346. The summed E-state index contributed by atoms with van der Waals surface area (Å²) in [6.45, 7) is 0.317. The van der Waals surface area contributed by atoms with Crippen LogP contribution < -0.4 is 5.32 Å². The predicted molar refractivity (Wildman–Crippen MR) is 72.2 cm³/mol. The molecule has 0 aliphatic heterocycles. The van der Waals surface area contributed by atoms with Gasteiger partial charge in [-0.1, -0.05) is 18.2 Å². The fourth-order valence-corrected chi connectivity index (χ4v) is 1.86. The molecule has 0 radical (unpaired) electrons. The molecular weight excluding hydrogens is 258 g/mol. The van der Waals surface area contributed by atoms with Gasteiger partial charge in [-0.2, -0.15) is 0 Å². The van der Waals surface area contributed by atoms with Gasteiger partial charge in [-0.15, -0.1) is 0 Å². The van der Waals surface area contributed by atoms with E-state index in [2.05, 4.69) is 10.3 Å². The molecule has 1 aromatic heterocycles. The first-order valence-corrected chi connectivity index (χ1v) is 6.12. The molecule has 0 spiro atoms. The molecule has 6 heteroatoms. The van der Waals surface area contributed by atoms with E-state index < -0.39 is 5.97 Å². The van der Waals surface area contributed by atoms with E-state index in [-0.39, 0.29) is 17.9 Å². The third-order valence-corrected chi connectivity index (χ3v) is 2.96. The average Bonchev–Trinajstić information content (AvgIpc) is 2.82. The summed E-state index contributed by atoms with van der Waals surface area (Å²) in [4.78, 5) is 27.0. The molecule has 1 aromatic carbocycles. The summed E-state index contributed by atoms with van der Waals surface area (Å²) in [6, 6.07) is 6.49. The van der Waals surface area contributed by atoms with Crippen molar-refractivity contribution >= 4 is 11.9 Å². The third-order valence-electron chi connectivity index (χ3n) is 2.96. The maximum atomic E-state index is 11.9. The van der Waals surface area contributed by atoms with Crippen molar-refractivity contribution in [2.45, 2.75) is 13.0 Å². The second kappa shape index (κ2) is 6.01. The zero-order valence-corrected chi connectivity index (χ0v) is 11.0. The molecule has 20 heavy (non-hydrogen) atoms. The Morgan fingerprint density at radius 3 is 2.75 bits per heavy atom. The summed E-state index contributed by atoms with van der Waals surface area (Å²) >= 11 is 0. The van der Waals surface area contributed by atoms with Crippen LogP contribution in [0.3, 0.4) is 0 Å². The zero-order chi connectivity index (χ0) is 14.5. The van der Waals surface area contributed by atoms with Crippen molar-refractivity contribution in [2.75, 3.05) is 0 Å². The minimum atomic E-state index is -1.03. The first-order valence-electron chi connectivity index (χ1n) is 6.12. The Kier molecular flexibility index (Phi) is 4.14. The molecule has 0 saturated carbocycles. The summed E-state index contributed by atoms with van der Waals surface area (Å²) < 4.78 is 1.81. The van der Waals surface area contributed by atoms with Crippen molar-refractivity contribution in [3.63, 3.8) is 0 Å². The summed E-state index contributed by atoms with van der Waals surface area (Å²) in [5.74, 6) is -0.524. The molecule has 104 valence electrons. The van der Waals surface area contributed by atoms with Crippen LogP contribution >= 0.6 is 0 Å². The van der Waals surface area contributed by atoms with E-state index in [1.807, 2.05) is 11.6 Å². The van der Waals surface area contributed by atoms with Gasteiger partial charge in [-0.25, -0.2) is 9.78 Å². The maximum absolute atomic E-state index is 11.9. The SMILES string of the molecule is Cn1ccnc1CNC(=O)Cc1ccccc1C(=O)O. The summed E-state index contributed by atoms with van der Waals surface area (Å²) in [5, 5.41) is 11.8. The molecule has 6 nitrogen and oxygen atoms in total. The van der Waals surface area contributed by atoms with Crippen LogP contribution in [0, 0.1) is 0 Å². The Morgan fingerprint density at radius 1 is 1.35 bits per heavy atom. The van der Waals surface area contributed by atoms with Crippen LogP contribution in [0.5, 0.6) is 0 Å². The van der Waals surface area contributed by atoms with Crippen LogP contribution in [0.25, 0.3) is 0 Å². The molecule has 2 N–H and O–H groups in total. The number of benzene rings is 1. The Bertz CT molecular complexity index is 634. The number of aryl methyl sites for hydroxylation is 1. The molecule has 1 amide bonds. The van der Waals surface area contributed by atoms with Crippen molar-refractivity contribution in [3.05, 3.63) is 53.6 Å². The van der Waals surface area contributed by atoms with E-state index >= 15 is 0 Å². The van der Waals surface area contributed by atoms with E-state index in [9.17, 15) is 9.59 Å². The molecule has 0 fully saturated rings. The Balaban J connectivity index is 1.98. The lowest BCUT2D eigenvalue weighted by Gasteiger charge is -2.07. The van der Waals surface area contributed by atoms with Crippen molar-refractivity contribution in [3.8, 4) is 0 Å². The van der Waals surface area contributed by atoms with Gasteiger partial charge in [0.05, 0.1) is 18.5 Å². The lowest BCUT2D eigenvalue weighted by atomic mass is 10.0. The maximum Gasteiger partial charge on any atom is 0.335 e. The highest BCUT2D eigenvalue weighted by molar-refractivity contribution is 5.91. The van der Waals surface area contributed by atoms with Crippen LogP contribution in [0.2, 0.25) is 0 Å². The van der Waals surface area contributed by atoms with Crippen molar-refractivity contribution in [1.82, 2.24) is 14.9 Å². The van der Waals surface area contributed by atoms with Crippen LogP contribution in [0.1, 0.15) is 21.7 Å². The number of imidazole rings is 1. The highest BCUT2D eigenvalue weighted by Crippen LogP contribution is 2.09. The second-order valence-corrected chi connectivity index (χ2v) is 4.37. The van der Waals surface area contributed by atoms with Gasteiger partial charge < -0.3 is 15.0 Å². The fourth-order valence-electron chi connectivity index (χ4n) is 1.86. The number of aromatic nitrogens is 2. The minimum Gasteiger partial charge on any atom is -0.478 e. The predicted octanol–water partition coefficient (Wildman–Crippen LogP) is 0.977. The number of carbonyl (C=O) groups is 2. The number of carboxylic acid groups (broad SMARTS) is 1. The van der Waals surface area contributed by atoms with Crippen LogP contribution in [0.15, 0.2) is 36.7 Å². The lowest BCUT2D eigenvalue weighted by molar-refractivity contribution is -0.120. The molecular formula is C14H15N3O3. The van der Waals surface area contributed by atoms with E-state index in [1.165, 1.54) is 6.07 Å². The van der Waals surface area contributed by atoms with Crippen LogP contribution in [-0.2, 0) is 24.8 Å². The topological polar surface area (TPSA) is 84.2 Å². The molecule has 2 rings (SSSR count). The van der Waals surface area contributed by atoms with Crippen molar-refractivity contribution in [2.24, 2.45) is 7.05 Å². The number of aromatic carboxylic acids is 1. The van der Waals surface area contributed by atoms with Gasteiger partial charge >= 0.3 is 5.97 Å². The molecule has 0 bridgehead atoms. The van der Waals surface area contributed by atoms with Gasteiger partial charge in [0.25, 0.3) is 0 Å². The Hall–Kier alpha value is -2.63. The first kappa shape index (κ1) is 13.8. The number of amides is 1. The van der Waals surface area contributed by atoms with E-state index in [0.717, 1.165) is 5.82 Å². The van der Waals surface area contributed by atoms with Gasteiger partial charge in [0.2, 0.25) is 5.91 Å². The van der Waals surface area contributed by atoms with Gasteiger partial charge in [-0.3, -0.25) is 4.79 Å². The molecule has 0 unspecified atom stereocenters. The highest BCUT2D eigenvalue weighted by Gasteiger charge is 2.12. The standard InChI is InChI=1S/C14H15N3O3/c1-17-7-6-15-12(17)9-16-13(18)8-10-4-2-3-5-11(10)14(19)20/h2-7H,8-9H2,1H3,(H,16,18)(H,19,20). The van der Waals surface area contributed by atoms with Gasteiger partial charge in [-0.05, 0) is 11.6 Å². The number of nitrogens with one attached hydrogen (secondary N) is 1. The zero-order valence-electron chi connectivity index (χ0n) is 11.0. The lowest BCUT2D eigenvalue weighted by Crippen LogP contribution is -2.26. The number of nitrogens with zero attached hydrogens (tertiary/aromatic N) is 2. The van der Waals surface area contributed by atoms with Crippen molar-refractivity contribution in [1.29, 1.82) is 0 Å². The van der Waals surface area contributed by atoms with E-state index in [1.54, 1.807) is 30.6 Å². The van der Waals surface area contributed by atoms with Gasteiger partial charge in [0, 0.05) is 19.4 Å². The van der Waals surface area contributed by atoms with Crippen molar-refractivity contribution < 1.29 is 14.7 Å². The van der Waals surface area contributed by atoms with Crippen LogP contribution in [-0.4, -0.2) is 26.5 Å². The highest BCUT2D eigenvalue weighted by atomic mass is 16.4. The normalized spacial score (nSPS) is 10.2. The quantitative estimate of drug-likeness (QED) is 0.850. The Morgan fingerprint density at radius 2 is 2.10 bits per heavy atom. The molecule has 0 aliphatic carbocycles. The molecule has 0 saturated heterocycles. The Labute approximate surface area is 116 Å². The summed E-state index contributed by atoms with van der Waals surface area (Å²) in [7, 11) is 1.84. The first-order chi connectivity index (χ1) is 9.58. The van der Waals surface area contributed by atoms with Gasteiger partial charge in [0.1, 0.15) is 5.82 Å². The number of hydrogen-bond acceptors (Lipinski definition) is 3. The number of hydrogen-bond donors (Lipinski definition) is 2. The molecule has 0 aliphatic rings. The fraction of sp³-hybridized carbons (Fsp3) is 0.214. The van der Waals surface area contributed by atoms with Crippen LogP contribution in [0.4, 0.5) is 0 Å². The average molecular weight is 273 g/mol. The number of carboxylic acids is 1. The summed E-state index contributed by atoms with van der Waals surface area (Å²) in [6.07, 6.45) is 3.48.